The molecule has 4 aromatic carbocycles. The Kier molecular flexibility index (Phi) is 7.97. The number of ether oxygens (including phenoxy) is 1. The van der Waals surface area contributed by atoms with E-state index in [4.69, 9.17) is 15.0 Å². The number of anilines is 3. The van der Waals surface area contributed by atoms with Crippen LogP contribution in [0.2, 0.25) is 0 Å². The molecule has 1 aliphatic rings. The number of epoxide rings is 1. The fourth-order valence-corrected chi connectivity index (χ4v) is 5.20. The number of phenols is 1. The van der Waals surface area contributed by atoms with E-state index in [-0.39, 0.29) is 22.9 Å². The van der Waals surface area contributed by atoms with Gasteiger partial charge in [-0.2, -0.15) is 8.42 Å². The van der Waals surface area contributed by atoms with E-state index >= 15 is 0 Å². The van der Waals surface area contributed by atoms with Crippen LogP contribution in [-0.2, 0) is 19.4 Å². The first-order chi connectivity index (χ1) is 19.9. The minimum Gasteiger partial charge on any atom is -0.558 e. The molecule has 0 bridgehead atoms. The number of nitrogens with zero attached hydrogens (tertiary/aromatic N) is 2. The molecule has 14 nitrogen and oxygen atoms in total. The fourth-order valence-electron chi connectivity index (χ4n) is 4.26. The third-order valence-corrected chi connectivity index (χ3v) is 7.52. The van der Waals surface area contributed by atoms with Crippen LogP contribution < -0.4 is 26.0 Å². The molecule has 0 spiro atoms. The molecule has 0 amide bonds. The van der Waals surface area contributed by atoms with Crippen LogP contribution >= 0.6 is 8.25 Å². The van der Waals surface area contributed by atoms with E-state index in [1.807, 2.05) is 0 Å². The van der Waals surface area contributed by atoms with Gasteiger partial charge in [0.05, 0.1) is 29.8 Å². The normalized spacial score (nSPS) is 15.9. The van der Waals surface area contributed by atoms with Crippen LogP contribution in [0.5, 0.6) is 11.5 Å². The number of phenolic OH excluding ortho intramolecular Hbond substituents is 1. The standard InChI is InChI=1S/C26H24N5O9PS/c1-13(32)18-10-22(30-31-25-24(42(36,37)38)7-14-5-6-15(27)8-19(14)26(25)33)20(23-12-39-23)11-21(18)29-28-16-3-2-4-17(9-16)40-41(34)35/h2-11,13,23,28-29,32-33H,12,27H2,1H3,(H,36,37,38). The Hall–Kier alpha value is -4.37. The fraction of sp³-hybridized carbons (Fsp3) is 0.154. The maximum atomic E-state index is 12.2. The molecule has 0 radical (unpaired) electrons. The second kappa shape index (κ2) is 11.5. The van der Waals surface area contributed by atoms with E-state index in [0.717, 1.165) is 6.07 Å². The van der Waals surface area contributed by atoms with E-state index in [9.17, 15) is 32.6 Å². The summed E-state index contributed by atoms with van der Waals surface area (Å²) in [6.45, 7) is 1.89. The average Bonchev–Trinajstić information content (AvgIpc) is 3.76. The summed E-state index contributed by atoms with van der Waals surface area (Å²) < 4.78 is 55.2. The molecule has 218 valence electrons. The lowest BCUT2D eigenvalue weighted by Gasteiger charge is -2.18. The van der Waals surface area contributed by atoms with Gasteiger partial charge >= 0.3 is 8.25 Å². The lowest BCUT2D eigenvalue weighted by Crippen LogP contribution is -2.12. The predicted octanol–water partition coefficient (Wildman–Crippen LogP) is 4.75. The van der Waals surface area contributed by atoms with Gasteiger partial charge in [0, 0.05) is 28.3 Å². The van der Waals surface area contributed by atoms with Crippen LogP contribution in [0.1, 0.15) is 30.3 Å². The highest BCUT2D eigenvalue weighted by atomic mass is 32.2. The van der Waals surface area contributed by atoms with Crippen LogP contribution in [0.4, 0.5) is 28.4 Å². The molecule has 16 heteroatoms. The number of nitrogens with one attached hydrogen (secondary N) is 2. The third-order valence-electron chi connectivity index (χ3n) is 6.30. The van der Waals surface area contributed by atoms with Gasteiger partial charge in [-0.3, -0.25) is 9.08 Å². The van der Waals surface area contributed by atoms with Gasteiger partial charge in [0.1, 0.15) is 16.7 Å². The molecule has 1 fully saturated rings. The smallest absolute Gasteiger partial charge is 0.539 e. The van der Waals surface area contributed by atoms with Crippen molar-refractivity contribution in [2.75, 3.05) is 23.2 Å². The topological polar surface area (TPSA) is 232 Å². The van der Waals surface area contributed by atoms with E-state index in [2.05, 4.69) is 21.1 Å². The van der Waals surface area contributed by atoms with Gasteiger partial charge in [0.2, 0.25) is 0 Å². The minimum atomic E-state index is -4.82. The van der Waals surface area contributed by atoms with Gasteiger partial charge in [0.15, 0.2) is 11.5 Å². The number of nitrogen functional groups attached to an aromatic ring is 1. The summed E-state index contributed by atoms with van der Waals surface area (Å²) >= 11 is 0. The van der Waals surface area contributed by atoms with Gasteiger partial charge in [-0.15, -0.1) is 10.2 Å². The summed E-state index contributed by atoms with van der Waals surface area (Å²) in [6, 6.07) is 14.9. The van der Waals surface area contributed by atoms with E-state index in [1.54, 1.807) is 18.2 Å². The zero-order valence-electron chi connectivity index (χ0n) is 21.8. The Morgan fingerprint density at radius 2 is 1.90 bits per heavy atom. The Morgan fingerprint density at radius 1 is 1.14 bits per heavy atom. The van der Waals surface area contributed by atoms with Crippen molar-refractivity contribution in [1.29, 1.82) is 0 Å². The van der Waals surface area contributed by atoms with E-state index < -0.39 is 40.8 Å². The number of aliphatic hydroxyl groups is 1. The highest BCUT2D eigenvalue weighted by Gasteiger charge is 2.30. The average molecular weight is 614 g/mol. The molecular formula is C26H24N5O9PS. The monoisotopic (exact) mass is 613 g/mol. The van der Waals surface area contributed by atoms with Crippen LogP contribution in [0.3, 0.4) is 0 Å². The maximum absolute atomic E-state index is 12.2. The summed E-state index contributed by atoms with van der Waals surface area (Å²) in [5.41, 5.74) is 13.5. The Balaban J connectivity index is 1.54. The van der Waals surface area contributed by atoms with Crippen LogP contribution in [-0.4, -0.2) is 29.8 Å². The molecule has 3 atom stereocenters. The minimum absolute atomic E-state index is 0.0976. The van der Waals surface area contributed by atoms with E-state index in [0.29, 0.717) is 40.2 Å². The molecule has 0 aliphatic carbocycles. The van der Waals surface area contributed by atoms with Crippen molar-refractivity contribution in [3.8, 4) is 11.5 Å². The van der Waals surface area contributed by atoms with Crippen molar-refractivity contribution in [2.45, 2.75) is 24.0 Å². The van der Waals surface area contributed by atoms with Crippen molar-refractivity contribution < 1.29 is 41.9 Å². The number of fused-ring (bicyclic) bond motifs is 1. The van der Waals surface area contributed by atoms with Gasteiger partial charge in [0.25, 0.3) is 10.1 Å². The first kappa shape index (κ1) is 29.1. The van der Waals surface area contributed by atoms with Crippen LogP contribution in [0.15, 0.2) is 75.8 Å². The zero-order chi connectivity index (χ0) is 30.2. The molecule has 1 aliphatic heterocycles. The van der Waals surface area contributed by atoms with Gasteiger partial charge in [-0.1, -0.05) is 12.1 Å². The summed E-state index contributed by atoms with van der Waals surface area (Å²) in [4.78, 5) is 10.2. The van der Waals surface area contributed by atoms with Crippen molar-refractivity contribution in [1.82, 2.24) is 0 Å². The number of aliphatic hydroxyl groups excluding tert-OH is 1. The molecule has 1 heterocycles. The molecular weight excluding hydrogens is 589 g/mol. The third kappa shape index (κ3) is 6.41. The Labute approximate surface area is 240 Å². The summed E-state index contributed by atoms with van der Waals surface area (Å²) in [7, 11) is -7.91. The van der Waals surface area contributed by atoms with E-state index in [1.165, 1.54) is 43.3 Å². The number of hydrogen-bond donors (Lipinski definition) is 6. The highest BCUT2D eigenvalue weighted by Crippen LogP contribution is 2.45. The highest BCUT2D eigenvalue weighted by molar-refractivity contribution is 7.86. The zero-order valence-corrected chi connectivity index (χ0v) is 23.5. The first-order valence-corrected chi connectivity index (χ1v) is 14.8. The first-order valence-electron chi connectivity index (χ1n) is 12.3. The largest absolute Gasteiger partial charge is 0.558 e. The molecule has 1 saturated heterocycles. The van der Waals surface area contributed by atoms with Crippen molar-refractivity contribution >= 4 is 57.6 Å². The number of hydrogen-bond acceptors (Lipinski definition) is 13. The second-order valence-electron chi connectivity index (χ2n) is 9.32. The number of nitrogens with two attached hydrogens (primary N) is 1. The number of aromatic hydroxyl groups is 1. The van der Waals surface area contributed by atoms with Crippen LogP contribution in [0, 0.1) is 0 Å². The number of rotatable bonds is 10. The van der Waals surface area contributed by atoms with Crippen LogP contribution in [0.25, 0.3) is 10.8 Å². The lowest BCUT2D eigenvalue weighted by atomic mass is 10.0. The van der Waals surface area contributed by atoms with Gasteiger partial charge < -0.3 is 36.4 Å². The molecule has 5 rings (SSSR count). The summed E-state index contributed by atoms with van der Waals surface area (Å²) in [5.74, 6) is -0.452. The quantitative estimate of drug-likeness (QED) is 0.0355. The predicted molar refractivity (Wildman–Crippen MR) is 152 cm³/mol. The molecule has 42 heavy (non-hydrogen) atoms. The maximum Gasteiger partial charge on any atom is 0.539 e. The summed E-state index contributed by atoms with van der Waals surface area (Å²) in [6.07, 6.45) is -1.39. The molecule has 4 aromatic rings. The molecule has 7 N–H and O–H groups in total. The van der Waals surface area contributed by atoms with Gasteiger partial charge in [-0.25, -0.2) is 0 Å². The second-order valence-corrected chi connectivity index (χ2v) is 11.3. The lowest BCUT2D eigenvalue weighted by molar-refractivity contribution is -0.178. The SMILES string of the molecule is CC(O)c1cc(N=Nc2c(S(=O)(=O)O)cc3ccc(N)cc3c2O)c(C2CO2)cc1NNc1cccc(O[P+](=O)[O-])c1. The number of hydrazine groups is 1. The molecule has 0 saturated carbocycles. The van der Waals surface area contributed by atoms with Crippen molar-refractivity contribution in [3.63, 3.8) is 0 Å². The molecule has 3 unspecified atom stereocenters. The summed E-state index contributed by atoms with van der Waals surface area (Å²) in [5, 5.41) is 30.1. The number of azo groups is 1. The van der Waals surface area contributed by atoms with Crippen molar-refractivity contribution in [3.05, 3.63) is 71.8 Å². The number of benzene rings is 4. The Bertz CT molecular complexity index is 1850. The van der Waals surface area contributed by atoms with Crippen molar-refractivity contribution in [2.24, 2.45) is 10.2 Å². The molecule has 0 aromatic heterocycles. The Morgan fingerprint density at radius 3 is 2.57 bits per heavy atom. The van der Waals surface area contributed by atoms with Gasteiger partial charge in [-0.05, 0) is 59.3 Å².